The van der Waals surface area contributed by atoms with Crippen LogP contribution in [0.15, 0.2) is 30.6 Å². The number of ether oxygens (including phenoxy) is 1. The quantitative estimate of drug-likeness (QED) is 0.828. The molecule has 0 aliphatic heterocycles. The first kappa shape index (κ1) is 17.6. The molecule has 23 heavy (non-hydrogen) atoms. The Labute approximate surface area is 144 Å². The standard InChI is InChI=1S/C15H18Cl2N4O2/c1-20(2)5-6-21-9-12(8-18-21)19-15(22)10-23-14-4-3-11(16)7-13(14)17/h3-4,7-9H,5-6,10H2,1-2H3,(H,19,22). The zero-order valence-electron chi connectivity index (χ0n) is 12.9. The van der Waals surface area contributed by atoms with E-state index in [0.717, 1.165) is 13.1 Å². The Bertz CT molecular complexity index is 673. The molecule has 0 atom stereocenters. The van der Waals surface area contributed by atoms with Crippen LogP contribution in [0.25, 0.3) is 0 Å². The first-order valence-electron chi connectivity index (χ1n) is 6.99. The monoisotopic (exact) mass is 356 g/mol. The van der Waals surface area contributed by atoms with Crippen molar-refractivity contribution >= 4 is 34.8 Å². The second-order valence-electron chi connectivity index (χ2n) is 5.21. The highest BCUT2D eigenvalue weighted by molar-refractivity contribution is 6.35. The molecule has 0 aliphatic rings. The van der Waals surface area contributed by atoms with E-state index in [-0.39, 0.29) is 12.5 Å². The molecule has 2 aromatic rings. The summed E-state index contributed by atoms with van der Waals surface area (Å²) >= 11 is 11.8. The van der Waals surface area contributed by atoms with Gasteiger partial charge in [-0.05, 0) is 32.3 Å². The summed E-state index contributed by atoms with van der Waals surface area (Å²) in [6.07, 6.45) is 3.37. The van der Waals surface area contributed by atoms with Gasteiger partial charge in [-0.3, -0.25) is 9.48 Å². The fourth-order valence-electron chi connectivity index (χ4n) is 1.79. The highest BCUT2D eigenvalue weighted by atomic mass is 35.5. The topological polar surface area (TPSA) is 59.4 Å². The molecule has 0 bridgehead atoms. The van der Waals surface area contributed by atoms with Gasteiger partial charge < -0.3 is 15.0 Å². The van der Waals surface area contributed by atoms with Gasteiger partial charge in [0.2, 0.25) is 0 Å². The van der Waals surface area contributed by atoms with Crippen LogP contribution in [0.4, 0.5) is 5.69 Å². The predicted octanol–water partition coefficient (Wildman–Crippen LogP) is 2.77. The molecule has 0 saturated carbocycles. The van der Waals surface area contributed by atoms with Crippen LogP contribution in [0.2, 0.25) is 10.0 Å². The average molecular weight is 357 g/mol. The molecule has 2 rings (SSSR count). The second kappa shape index (κ2) is 8.19. The normalized spacial score (nSPS) is 10.8. The van der Waals surface area contributed by atoms with Crippen LogP contribution < -0.4 is 10.1 Å². The minimum absolute atomic E-state index is 0.149. The average Bonchev–Trinajstić information content (AvgIpc) is 2.91. The van der Waals surface area contributed by atoms with Crippen LogP contribution in [0.3, 0.4) is 0 Å². The molecule has 1 N–H and O–H groups in total. The van der Waals surface area contributed by atoms with Crippen molar-refractivity contribution in [2.75, 3.05) is 32.6 Å². The van der Waals surface area contributed by atoms with Gasteiger partial charge in [-0.1, -0.05) is 23.2 Å². The highest BCUT2D eigenvalue weighted by Crippen LogP contribution is 2.27. The molecule has 8 heteroatoms. The molecule has 1 heterocycles. The van der Waals surface area contributed by atoms with Crippen molar-refractivity contribution in [3.05, 3.63) is 40.6 Å². The number of benzene rings is 1. The molecule has 0 spiro atoms. The lowest BCUT2D eigenvalue weighted by molar-refractivity contribution is -0.118. The third-order valence-electron chi connectivity index (χ3n) is 2.95. The van der Waals surface area contributed by atoms with Crippen molar-refractivity contribution in [3.8, 4) is 5.75 Å². The third-order valence-corrected chi connectivity index (χ3v) is 3.48. The molecule has 1 aromatic carbocycles. The van der Waals surface area contributed by atoms with Crippen LogP contribution >= 0.6 is 23.2 Å². The van der Waals surface area contributed by atoms with Crippen molar-refractivity contribution in [3.63, 3.8) is 0 Å². The van der Waals surface area contributed by atoms with Crippen LogP contribution in [0, 0.1) is 0 Å². The fraction of sp³-hybridized carbons (Fsp3) is 0.333. The first-order valence-corrected chi connectivity index (χ1v) is 7.74. The van der Waals surface area contributed by atoms with E-state index in [1.165, 1.54) is 0 Å². The number of amides is 1. The van der Waals surface area contributed by atoms with E-state index < -0.39 is 0 Å². The molecule has 1 aromatic heterocycles. The first-order chi connectivity index (χ1) is 10.9. The maximum atomic E-state index is 11.9. The molecule has 124 valence electrons. The lowest BCUT2D eigenvalue weighted by atomic mass is 10.3. The number of hydrogen-bond donors (Lipinski definition) is 1. The number of nitrogens with zero attached hydrogens (tertiary/aromatic N) is 3. The number of hydrogen-bond acceptors (Lipinski definition) is 4. The molecule has 1 amide bonds. The van der Waals surface area contributed by atoms with Gasteiger partial charge in [-0.15, -0.1) is 0 Å². The van der Waals surface area contributed by atoms with E-state index in [1.54, 1.807) is 35.3 Å². The molecule has 0 saturated heterocycles. The number of likely N-dealkylation sites (N-methyl/N-ethyl adjacent to an activating group) is 1. The zero-order valence-corrected chi connectivity index (χ0v) is 14.4. The maximum Gasteiger partial charge on any atom is 0.262 e. The van der Waals surface area contributed by atoms with Gasteiger partial charge in [-0.2, -0.15) is 5.10 Å². The molecular weight excluding hydrogens is 339 g/mol. The molecular formula is C15H18Cl2N4O2. The number of nitrogens with one attached hydrogen (secondary N) is 1. The number of carbonyl (C=O) groups is 1. The SMILES string of the molecule is CN(C)CCn1cc(NC(=O)COc2ccc(Cl)cc2Cl)cn1. The van der Waals surface area contributed by atoms with Crippen LogP contribution in [-0.2, 0) is 11.3 Å². The smallest absolute Gasteiger partial charge is 0.262 e. The Balaban J connectivity index is 1.82. The number of halogens is 2. The number of anilines is 1. The summed E-state index contributed by atoms with van der Waals surface area (Å²) in [4.78, 5) is 13.9. The van der Waals surface area contributed by atoms with Gasteiger partial charge in [0, 0.05) is 17.8 Å². The molecule has 0 fully saturated rings. The Morgan fingerprint density at radius 3 is 2.87 bits per heavy atom. The van der Waals surface area contributed by atoms with E-state index in [9.17, 15) is 4.79 Å². The highest BCUT2D eigenvalue weighted by Gasteiger charge is 2.08. The zero-order chi connectivity index (χ0) is 16.8. The molecule has 0 aliphatic carbocycles. The van der Waals surface area contributed by atoms with E-state index in [4.69, 9.17) is 27.9 Å². The summed E-state index contributed by atoms with van der Waals surface area (Å²) in [6, 6.07) is 4.83. The van der Waals surface area contributed by atoms with Gasteiger partial charge in [0.1, 0.15) is 5.75 Å². The van der Waals surface area contributed by atoms with Gasteiger partial charge in [-0.25, -0.2) is 0 Å². The lowest BCUT2D eigenvalue weighted by Crippen LogP contribution is -2.20. The summed E-state index contributed by atoms with van der Waals surface area (Å²) in [7, 11) is 3.98. The van der Waals surface area contributed by atoms with Crippen molar-refractivity contribution in [1.29, 1.82) is 0 Å². The van der Waals surface area contributed by atoms with Gasteiger partial charge in [0.15, 0.2) is 6.61 Å². The molecule has 0 radical (unpaired) electrons. The van der Waals surface area contributed by atoms with Crippen molar-refractivity contribution in [2.24, 2.45) is 0 Å². The largest absolute Gasteiger partial charge is 0.482 e. The lowest BCUT2D eigenvalue weighted by Gasteiger charge is -2.09. The Morgan fingerprint density at radius 2 is 2.17 bits per heavy atom. The van der Waals surface area contributed by atoms with Crippen LogP contribution in [0.5, 0.6) is 5.75 Å². The predicted molar refractivity (Wildman–Crippen MR) is 91.4 cm³/mol. The summed E-state index contributed by atoms with van der Waals surface area (Å²) in [6.45, 7) is 1.47. The molecule has 6 nitrogen and oxygen atoms in total. The fourth-order valence-corrected chi connectivity index (χ4v) is 2.25. The van der Waals surface area contributed by atoms with Crippen molar-refractivity contribution < 1.29 is 9.53 Å². The minimum Gasteiger partial charge on any atom is -0.482 e. The van der Waals surface area contributed by atoms with Gasteiger partial charge in [0.25, 0.3) is 5.91 Å². The maximum absolute atomic E-state index is 11.9. The second-order valence-corrected chi connectivity index (χ2v) is 6.05. The van der Waals surface area contributed by atoms with E-state index in [2.05, 4.69) is 15.3 Å². The molecule has 0 unspecified atom stereocenters. The third kappa shape index (κ3) is 5.74. The Kier molecular flexibility index (Phi) is 6.27. The summed E-state index contributed by atoms with van der Waals surface area (Å²) < 4.78 is 7.15. The number of rotatable bonds is 7. The van der Waals surface area contributed by atoms with E-state index in [1.807, 2.05) is 14.1 Å². The van der Waals surface area contributed by atoms with E-state index >= 15 is 0 Å². The Morgan fingerprint density at radius 1 is 1.39 bits per heavy atom. The number of carbonyl (C=O) groups excluding carboxylic acids is 1. The Hall–Kier alpha value is -1.76. The minimum atomic E-state index is -0.289. The van der Waals surface area contributed by atoms with Gasteiger partial charge in [0.05, 0.1) is 23.5 Å². The summed E-state index contributed by atoms with van der Waals surface area (Å²) in [5.41, 5.74) is 0.625. The van der Waals surface area contributed by atoms with E-state index in [0.29, 0.717) is 21.5 Å². The van der Waals surface area contributed by atoms with Crippen LogP contribution in [0.1, 0.15) is 0 Å². The summed E-state index contributed by atoms with van der Waals surface area (Å²) in [5, 5.41) is 7.78. The number of aromatic nitrogens is 2. The van der Waals surface area contributed by atoms with Crippen LogP contribution in [-0.4, -0.2) is 47.8 Å². The van der Waals surface area contributed by atoms with Crippen molar-refractivity contribution in [1.82, 2.24) is 14.7 Å². The van der Waals surface area contributed by atoms with Gasteiger partial charge >= 0.3 is 0 Å². The van der Waals surface area contributed by atoms with Crippen molar-refractivity contribution in [2.45, 2.75) is 6.54 Å². The summed E-state index contributed by atoms with van der Waals surface area (Å²) in [5.74, 6) is 0.121.